The van der Waals surface area contributed by atoms with E-state index in [-0.39, 0.29) is 30.0 Å². The van der Waals surface area contributed by atoms with Crippen LogP contribution in [0, 0.1) is 5.41 Å². The number of pyridine rings is 1. The van der Waals surface area contributed by atoms with Crippen LogP contribution in [0.2, 0.25) is 0 Å². The fraction of sp³-hybridized carbons (Fsp3) is 0.375. The van der Waals surface area contributed by atoms with Crippen molar-refractivity contribution in [3.63, 3.8) is 0 Å². The van der Waals surface area contributed by atoms with Gasteiger partial charge in [-0.15, -0.1) is 0 Å². The number of aliphatic carboxylic acids is 1. The Labute approximate surface area is 263 Å². The lowest BCUT2D eigenvalue weighted by atomic mass is 9.85. The molecule has 4 aromatic rings. The van der Waals surface area contributed by atoms with Gasteiger partial charge in [-0.3, -0.25) is 9.78 Å². The lowest BCUT2D eigenvalue weighted by Crippen LogP contribution is -2.41. The zero-order valence-electron chi connectivity index (χ0n) is 25.6. The molecule has 0 spiro atoms. The van der Waals surface area contributed by atoms with Crippen LogP contribution in [-0.4, -0.2) is 61.8 Å². The van der Waals surface area contributed by atoms with Crippen LogP contribution >= 0.6 is 0 Å². The molecule has 1 saturated heterocycles. The standard InChI is InChI=1S/C32H34F3N7O4/c1-4-45-24-11-6-12-37-28(24)46-22-10-7-13-42(19-22)27-18-36-17-26(40-27)41-30-38-23(15-25(39-30)32(33,34)35)21-9-5-8-20(14-21)16-31(2,3)29(43)44/h5-6,8-9,11-12,14-15,17-18,22H,4,7,10,13,16,19H2,1-3H3,(H,43,44)(H,38,39,40,41)/t22-/m1/s1. The third-order valence-electron chi connectivity index (χ3n) is 7.34. The highest BCUT2D eigenvalue weighted by molar-refractivity contribution is 5.74. The van der Waals surface area contributed by atoms with E-state index in [1.165, 1.54) is 6.20 Å². The second-order valence-electron chi connectivity index (χ2n) is 11.5. The SMILES string of the molecule is CCOc1cccnc1O[C@@H]1CCCN(c2cncc(Nc3nc(-c4cccc(CC(C)(C)C(=O)O)c4)cc(C(F)(F)F)n3)n2)C1. The van der Waals surface area contributed by atoms with E-state index in [0.29, 0.717) is 48.3 Å². The molecular weight excluding hydrogens is 603 g/mol. The molecule has 14 heteroatoms. The first-order valence-corrected chi connectivity index (χ1v) is 14.8. The minimum Gasteiger partial charge on any atom is -0.488 e. The predicted molar refractivity (Wildman–Crippen MR) is 164 cm³/mol. The van der Waals surface area contributed by atoms with E-state index >= 15 is 0 Å². The molecular formula is C32H34F3N7O4. The molecule has 4 heterocycles. The molecule has 46 heavy (non-hydrogen) atoms. The first-order chi connectivity index (χ1) is 21.9. The maximum atomic E-state index is 13.9. The Morgan fingerprint density at radius 3 is 2.70 bits per heavy atom. The van der Waals surface area contributed by atoms with Gasteiger partial charge in [0.25, 0.3) is 5.88 Å². The lowest BCUT2D eigenvalue weighted by Gasteiger charge is -2.33. The molecule has 0 amide bonds. The highest BCUT2D eigenvalue weighted by Gasteiger charge is 2.34. The minimum atomic E-state index is -4.75. The highest BCUT2D eigenvalue weighted by atomic mass is 19.4. The van der Waals surface area contributed by atoms with Crippen LogP contribution in [-0.2, 0) is 17.4 Å². The van der Waals surface area contributed by atoms with Crippen LogP contribution in [0.25, 0.3) is 11.3 Å². The van der Waals surface area contributed by atoms with Gasteiger partial charge in [-0.1, -0.05) is 18.2 Å². The van der Waals surface area contributed by atoms with Crippen LogP contribution in [0.1, 0.15) is 44.9 Å². The number of carbonyl (C=O) groups is 1. The average molecular weight is 638 g/mol. The number of rotatable bonds is 11. The maximum absolute atomic E-state index is 13.9. The third kappa shape index (κ3) is 7.98. The largest absolute Gasteiger partial charge is 0.488 e. The molecule has 2 N–H and O–H groups in total. The molecule has 0 saturated carbocycles. The van der Waals surface area contributed by atoms with Crippen molar-refractivity contribution in [1.82, 2.24) is 24.9 Å². The van der Waals surface area contributed by atoms with Gasteiger partial charge in [0, 0.05) is 18.3 Å². The fourth-order valence-corrected chi connectivity index (χ4v) is 5.04. The summed E-state index contributed by atoms with van der Waals surface area (Å²) in [5.41, 5.74) is -1.16. The second kappa shape index (κ2) is 13.5. The number of benzene rings is 1. The topological polar surface area (TPSA) is 135 Å². The van der Waals surface area contributed by atoms with E-state index < -0.39 is 23.3 Å². The smallest absolute Gasteiger partial charge is 0.433 e. The molecule has 0 bridgehead atoms. The van der Waals surface area contributed by atoms with Crippen LogP contribution in [0.5, 0.6) is 11.6 Å². The van der Waals surface area contributed by atoms with Crippen LogP contribution in [0.4, 0.5) is 30.8 Å². The Hall–Kier alpha value is -5.01. The number of halogens is 3. The summed E-state index contributed by atoms with van der Waals surface area (Å²) in [5.74, 6) is 0.337. The van der Waals surface area contributed by atoms with Crippen molar-refractivity contribution in [3.8, 4) is 22.9 Å². The Bertz CT molecular complexity index is 1690. The van der Waals surface area contributed by atoms with Crippen molar-refractivity contribution < 1.29 is 32.5 Å². The molecule has 0 unspecified atom stereocenters. The Morgan fingerprint density at radius 2 is 1.93 bits per heavy atom. The van der Waals surface area contributed by atoms with Crippen molar-refractivity contribution in [2.75, 3.05) is 29.9 Å². The van der Waals surface area contributed by atoms with Crippen molar-refractivity contribution >= 4 is 23.6 Å². The number of hydrogen-bond donors (Lipinski definition) is 2. The van der Waals surface area contributed by atoms with E-state index in [2.05, 4.69) is 30.2 Å². The van der Waals surface area contributed by atoms with Gasteiger partial charge in [-0.25, -0.2) is 19.9 Å². The average Bonchev–Trinajstić information content (AvgIpc) is 3.02. The summed E-state index contributed by atoms with van der Waals surface area (Å²) in [4.78, 5) is 34.8. The quantitative estimate of drug-likeness (QED) is 0.195. The maximum Gasteiger partial charge on any atom is 0.433 e. The zero-order chi connectivity index (χ0) is 32.9. The van der Waals surface area contributed by atoms with E-state index in [4.69, 9.17) is 9.47 Å². The normalized spacial score (nSPS) is 15.3. The molecule has 1 aliphatic rings. The van der Waals surface area contributed by atoms with Gasteiger partial charge < -0.3 is 24.8 Å². The van der Waals surface area contributed by atoms with Crippen LogP contribution < -0.4 is 19.7 Å². The first kappa shape index (κ1) is 32.4. The first-order valence-electron chi connectivity index (χ1n) is 14.8. The third-order valence-corrected chi connectivity index (χ3v) is 7.34. The summed E-state index contributed by atoms with van der Waals surface area (Å²) in [5, 5.41) is 12.3. The number of hydrogen-bond acceptors (Lipinski definition) is 10. The summed E-state index contributed by atoms with van der Waals surface area (Å²) >= 11 is 0. The fourth-order valence-electron chi connectivity index (χ4n) is 5.04. The number of aromatic nitrogens is 5. The van der Waals surface area contributed by atoms with Crippen LogP contribution in [0.15, 0.2) is 61.1 Å². The van der Waals surface area contributed by atoms with Gasteiger partial charge in [0.05, 0.1) is 36.7 Å². The van der Waals surface area contributed by atoms with E-state index in [0.717, 1.165) is 18.9 Å². The molecule has 11 nitrogen and oxygen atoms in total. The number of nitrogens with zero attached hydrogens (tertiary/aromatic N) is 6. The number of carboxylic acid groups (broad SMARTS) is 1. The van der Waals surface area contributed by atoms with Crippen molar-refractivity contribution in [2.45, 2.75) is 52.3 Å². The summed E-state index contributed by atoms with van der Waals surface area (Å²) in [6.45, 7) is 6.69. The van der Waals surface area contributed by atoms with Gasteiger partial charge in [-0.2, -0.15) is 13.2 Å². The Morgan fingerprint density at radius 1 is 1.11 bits per heavy atom. The van der Waals surface area contributed by atoms with Gasteiger partial charge in [0.2, 0.25) is 5.95 Å². The van der Waals surface area contributed by atoms with Crippen molar-refractivity contribution in [2.24, 2.45) is 5.41 Å². The number of carboxylic acids is 1. The summed E-state index contributed by atoms with van der Waals surface area (Å²) in [6.07, 6.45) is 1.42. The summed E-state index contributed by atoms with van der Waals surface area (Å²) in [6, 6.07) is 11.1. The number of nitrogens with one attached hydrogen (secondary N) is 1. The van der Waals surface area contributed by atoms with Gasteiger partial charge >= 0.3 is 12.1 Å². The molecule has 0 radical (unpaired) electrons. The number of anilines is 3. The molecule has 242 valence electrons. The zero-order valence-corrected chi connectivity index (χ0v) is 25.6. The molecule has 1 aromatic carbocycles. The van der Waals surface area contributed by atoms with Crippen molar-refractivity contribution in [1.29, 1.82) is 0 Å². The second-order valence-corrected chi connectivity index (χ2v) is 11.5. The van der Waals surface area contributed by atoms with Gasteiger partial charge in [0.15, 0.2) is 17.3 Å². The highest BCUT2D eigenvalue weighted by Crippen LogP contribution is 2.33. The van der Waals surface area contributed by atoms with Gasteiger partial charge in [0.1, 0.15) is 11.9 Å². The molecule has 0 aliphatic carbocycles. The molecule has 1 aliphatic heterocycles. The Kier molecular flexibility index (Phi) is 9.54. The monoisotopic (exact) mass is 637 g/mol. The van der Waals surface area contributed by atoms with Crippen LogP contribution in [0.3, 0.4) is 0 Å². The molecule has 5 rings (SSSR count). The molecule has 1 fully saturated rings. The van der Waals surface area contributed by atoms with E-state index in [1.54, 1.807) is 62.6 Å². The predicted octanol–water partition coefficient (Wildman–Crippen LogP) is 6.19. The Balaban J connectivity index is 1.37. The molecule has 3 aromatic heterocycles. The minimum absolute atomic E-state index is 0.0147. The molecule has 1 atom stereocenters. The number of alkyl halides is 3. The van der Waals surface area contributed by atoms with E-state index in [1.807, 2.05) is 11.8 Å². The lowest BCUT2D eigenvalue weighted by molar-refractivity contribution is -0.146. The van der Waals surface area contributed by atoms with Crippen molar-refractivity contribution in [3.05, 3.63) is 72.3 Å². The van der Waals surface area contributed by atoms with Gasteiger partial charge in [-0.05, 0) is 69.9 Å². The summed E-state index contributed by atoms with van der Waals surface area (Å²) in [7, 11) is 0. The summed E-state index contributed by atoms with van der Waals surface area (Å²) < 4.78 is 53.5. The number of piperidine rings is 1. The van der Waals surface area contributed by atoms with E-state index in [9.17, 15) is 23.1 Å². The number of ether oxygens (including phenoxy) is 2.